The Morgan fingerprint density at radius 2 is 2.17 bits per heavy atom. The van der Waals surface area contributed by atoms with Gasteiger partial charge in [0.15, 0.2) is 0 Å². The van der Waals surface area contributed by atoms with Crippen LogP contribution in [0.1, 0.15) is 20.3 Å². The van der Waals surface area contributed by atoms with Gasteiger partial charge in [0.2, 0.25) is 5.82 Å². The van der Waals surface area contributed by atoms with Gasteiger partial charge in [0.25, 0.3) is 0 Å². The zero-order valence-corrected chi connectivity index (χ0v) is 10.7. The van der Waals surface area contributed by atoms with Gasteiger partial charge in [0.05, 0.1) is 4.92 Å². The molecule has 2 atom stereocenters. The predicted octanol–water partition coefficient (Wildman–Crippen LogP) is 2.05. The van der Waals surface area contributed by atoms with Crippen LogP contribution in [-0.4, -0.2) is 23.0 Å². The maximum absolute atomic E-state index is 11.0. The molecule has 1 aromatic rings. The fraction of sp³-hybridized carbons (Fsp3) is 0.583. The first-order valence-electron chi connectivity index (χ1n) is 6.15. The fourth-order valence-electron chi connectivity index (χ4n) is 2.29. The van der Waals surface area contributed by atoms with Gasteiger partial charge in [-0.25, -0.2) is 4.98 Å². The Kier molecular flexibility index (Phi) is 3.36. The molecule has 0 amide bonds. The molecule has 0 aromatic carbocycles. The Balaban J connectivity index is 2.32. The second kappa shape index (κ2) is 4.80. The van der Waals surface area contributed by atoms with Crippen molar-refractivity contribution in [1.82, 2.24) is 4.98 Å². The van der Waals surface area contributed by atoms with Gasteiger partial charge < -0.3 is 10.6 Å². The molecule has 0 saturated carbocycles. The van der Waals surface area contributed by atoms with Crippen LogP contribution in [0.3, 0.4) is 0 Å². The highest BCUT2D eigenvalue weighted by Gasteiger charge is 2.28. The number of nitrogen functional groups attached to an aromatic ring is 1. The molecule has 18 heavy (non-hydrogen) atoms. The molecule has 2 N–H and O–H groups in total. The number of nitrogens with zero attached hydrogens (tertiary/aromatic N) is 3. The molecule has 6 nitrogen and oxygen atoms in total. The molecular weight excluding hydrogens is 232 g/mol. The first kappa shape index (κ1) is 12.6. The summed E-state index contributed by atoms with van der Waals surface area (Å²) in [6.07, 6.45) is 1.02. The van der Waals surface area contributed by atoms with Crippen molar-refractivity contribution >= 4 is 17.3 Å². The average molecular weight is 250 g/mol. The van der Waals surface area contributed by atoms with Crippen molar-refractivity contribution in [2.24, 2.45) is 11.8 Å². The number of hydrogen-bond acceptors (Lipinski definition) is 5. The van der Waals surface area contributed by atoms with Crippen LogP contribution in [0.5, 0.6) is 0 Å². The number of aromatic nitrogens is 1. The number of piperidine rings is 1. The summed E-state index contributed by atoms with van der Waals surface area (Å²) in [6, 6.07) is 2.90. The highest BCUT2D eigenvalue weighted by molar-refractivity contribution is 5.61. The normalized spacial score (nSPS) is 24.0. The lowest BCUT2D eigenvalue weighted by Gasteiger charge is -2.35. The van der Waals surface area contributed by atoms with Crippen LogP contribution in [0.4, 0.5) is 17.3 Å². The minimum Gasteiger partial charge on any atom is -0.384 e. The van der Waals surface area contributed by atoms with E-state index in [1.807, 2.05) is 4.90 Å². The molecule has 2 rings (SSSR count). The van der Waals surface area contributed by atoms with E-state index in [9.17, 15) is 10.1 Å². The maximum atomic E-state index is 11.0. The summed E-state index contributed by atoms with van der Waals surface area (Å²) in [7, 11) is 0. The zero-order chi connectivity index (χ0) is 13.3. The quantitative estimate of drug-likeness (QED) is 0.641. The van der Waals surface area contributed by atoms with E-state index < -0.39 is 4.92 Å². The third-order valence-electron chi connectivity index (χ3n) is 3.71. The largest absolute Gasteiger partial charge is 0.384 e. The molecule has 1 saturated heterocycles. The number of rotatable bonds is 2. The molecule has 1 aliphatic heterocycles. The van der Waals surface area contributed by atoms with Crippen molar-refractivity contribution in [3.8, 4) is 0 Å². The summed E-state index contributed by atoms with van der Waals surface area (Å²) in [6.45, 7) is 5.96. The Labute approximate surface area is 106 Å². The third-order valence-corrected chi connectivity index (χ3v) is 3.71. The minimum absolute atomic E-state index is 0.0333. The summed E-state index contributed by atoms with van der Waals surface area (Å²) in [4.78, 5) is 16.7. The van der Waals surface area contributed by atoms with Crippen molar-refractivity contribution in [2.75, 3.05) is 23.7 Å². The second-order valence-corrected chi connectivity index (χ2v) is 5.03. The minimum atomic E-state index is -0.398. The van der Waals surface area contributed by atoms with E-state index in [0.717, 1.165) is 19.5 Å². The van der Waals surface area contributed by atoms with Crippen LogP contribution in [0.15, 0.2) is 12.1 Å². The summed E-state index contributed by atoms with van der Waals surface area (Å²) >= 11 is 0. The molecule has 0 aliphatic carbocycles. The third kappa shape index (κ3) is 2.37. The van der Waals surface area contributed by atoms with E-state index in [-0.39, 0.29) is 5.69 Å². The monoisotopic (exact) mass is 250 g/mol. The maximum Gasteiger partial charge on any atom is 0.311 e. The molecule has 0 spiro atoms. The molecule has 1 aromatic heterocycles. The summed E-state index contributed by atoms with van der Waals surface area (Å²) in [5, 5.41) is 11.0. The Morgan fingerprint density at radius 3 is 2.78 bits per heavy atom. The lowest BCUT2D eigenvalue weighted by Crippen LogP contribution is -2.39. The number of pyridine rings is 1. The van der Waals surface area contributed by atoms with Gasteiger partial charge in [-0.15, -0.1) is 0 Å². The smallest absolute Gasteiger partial charge is 0.311 e. The molecule has 6 heteroatoms. The van der Waals surface area contributed by atoms with Gasteiger partial charge in [0.1, 0.15) is 5.82 Å². The second-order valence-electron chi connectivity index (χ2n) is 5.03. The molecule has 2 heterocycles. The van der Waals surface area contributed by atoms with Crippen LogP contribution >= 0.6 is 0 Å². The van der Waals surface area contributed by atoms with Crippen LogP contribution in [0.25, 0.3) is 0 Å². The van der Waals surface area contributed by atoms with E-state index in [2.05, 4.69) is 18.8 Å². The average Bonchev–Trinajstić information content (AvgIpc) is 2.32. The van der Waals surface area contributed by atoms with Gasteiger partial charge in [-0.05, 0) is 24.3 Å². The first-order chi connectivity index (χ1) is 8.49. The summed E-state index contributed by atoms with van der Waals surface area (Å²) in [5.41, 5.74) is 5.67. The van der Waals surface area contributed by atoms with Crippen molar-refractivity contribution in [3.05, 3.63) is 22.2 Å². The lowest BCUT2D eigenvalue weighted by atomic mass is 9.88. The van der Waals surface area contributed by atoms with Crippen LogP contribution < -0.4 is 10.6 Å². The van der Waals surface area contributed by atoms with Crippen LogP contribution in [0.2, 0.25) is 0 Å². The SMILES string of the molecule is CC1CCN(c2nc(N)ccc2[N+](=O)[O-])CC1C. The van der Waals surface area contributed by atoms with Crippen molar-refractivity contribution in [3.63, 3.8) is 0 Å². The van der Waals surface area contributed by atoms with Crippen molar-refractivity contribution in [2.45, 2.75) is 20.3 Å². The van der Waals surface area contributed by atoms with E-state index in [1.165, 1.54) is 12.1 Å². The number of hydrogen-bond donors (Lipinski definition) is 1. The topological polar surface area (TPSA) is 85.3 Å². The summed E-state index contributed by atoms with van der Waals surface area (Å²) < 4.78 is 0. The number of nitrogens with two attached hydrogens (primary N) is 1. The molecule has 1 aliphatic rings. The van der Waals surface area contributed by atoms with E-state index in [1.54, 1.807) is 0 Å². The first-order valence-corrected chi connectivity index (χ1v) is 6.15. The Morgan fingerprint density at radius 1 is 1.44 bits per heavy atom. The van der Waals surface area contributed by atoms with Crippen molar-refractivity contribution < 1.29 is 4.92 Å². The van der Waals surface area contributed by atoms with E-state index >= 15 is 0 Å². The van der Waals surface area contributed by atoms with Crippen LogP contribution in [-0.2, 0) is 0 Å². The Bertz CT molecular complexity index is 463. The van der Waals surface area contributed by atoms with E-state index in [0.29, 0.717) is 23.5 Å². The van der Waals surface area contributed by atoms with Gasteiger partial charge in [0, 0.05) is 19.2 Å². The van der Waals surface area contributed by atoms with Gasteiger partial charge >= 0.3 is 5.69 Å². The van der Waals surface area contributed by atoms with Gasteiger partial charge in [-0.2, -0.15) is 0 Å². The molecular formula is C12H18N4O2. The standard InChI is InChI=1S/C12H18N4O2/c1-8-5-6-15(7-9(8)2)12-10(16(17)18)3-4-11(13)14-12/h3-4,8-9H,5-7H2,1-2H3,(H2,13,14). The number of anilines is 2. The molecule has 0 bridgehead atoms. The van der Waals surface area contributed by atoms with Crippen LogP contribution in [0, 0.1) is 22.0 Å². The Hall–Kier alpha value is -1.85. The van der Waals surface area contributed by atoms with Gasteiger partial charge in [-0.1, -0.05) is 13.8 Å². The fourth-order valence-corrected chi connectivity index (χ4v) is 2.29. The highest BCUT2D eigenvalue weighted by Crippen LogP contribution is 2.32. The number of nitro groups is 1. The van der Waals surface area contributed by atoms with Gasteiger partial charge in [-0.3, -0.25) is 10.1 Å². The van der Waals surface area contributed by atoms with E-state index in [4.69, 9.17) is 5.73 Å². The zero-order valence-electron chi connectivity index (χ0n) is 10.7. The lowest BCUT2D eigenvalue weighted by molar-refractivity contribution is -0.384. The molecule has 98 valence electrons. The molecule has 2 unspecified atom stereocenters. The van der Waals surface area contributed by atoms with Crippen molar-refractivity contribution in [1.29, 1.82) is 0 Å². The summed E-state index contributed by atoms with van der Waals surface area (Å²) in [5.74, 6) is 1.86. The molecule has 1 fully saturated rings. The predicted molar refractivity (Wildman–Crippen MR) is 70.5 cm³/mol. The molecule has 0 radical (unpaired) electrons. The highest BCUT2D eigenvalue weighted by atomic mass is 16.6.